The van der Waals surface area contributed by atoms with E-state index in [1.807, 2.05) is 6.08 Å². The molecule has 2 fully saturated rings. The van der Waals surface area contributed by atoms with E-state index in [0.717, 1.165) is 31.4 Å². The van der Waals surface area contributed by atoms with Crippen molar-refractivity contribution in [1.82, 2.24) is 0 Å². The maximum atomic E-state index is 13.2. The molecule has 1 saturated heterocycles. The van der Waals surface area contributed by atoms with Crippen LogP contribution in [0.4, 0.5) is 0 Å². The number of esters is 2. The molecule has 0 unspecified atom stereocenters. The molecule has 38 heavy (non-hydrogen) atoms. The first-order valence-electron chi connectivity index (χ1n) is 14.4. The largest absolute Gasteiger partial charge is 0.489 e. The summed E-state index contributed by atoms with van der Waals surface area (Å²) in [6.45, 7) is 16.8. The summed E-state index contributed by atoms with van der Waals surface area (Å²) in [7, 11) is 0. The van der Waals surface area contributed by atoms with Gasteiger partial charge in [-0.2, -0.15) is 0 Å². The van der Waals surface area contributed by atoms with E-state index in [9.17, 15) is 14.4 Å². The van der Waals surface area contributed by atoms with Gasteiger partial charge in [-0.15, -0.1) is 0 Å². The summed E-state index contributed by atoms with van der Waals surface area (Å²) in [6.07, 6.45) is 7.39. The first-order chi connectivity index (χ1) is 17.6. The Labute approximate surface area is 226 Å². The Bertz CT molecular complexity index is 1240. The minimum atomic E-state index is -0.423. The van der Waals surface area contributed by atoms with E-state index < -0.39 is 5.41 Å². The second-order valence-electron chi connectivity index (χ2n) is 14.2. The molecule has 0 aromatic heterocycles. The molecule has 1 saturated carbocycles. The fourth-order valence-electron chi connectivity index (χ4n) is 10.2. The molecule has 0 spiro atoms. The van der Waals surface area contributed by atoms with Crippen LogP contribution in [0.1, 0.15) is 87.5 Å². The van der Waals surface area contributed by atoms with Crippen molar-refractivity contribution < 1.29 is 28.6 Å². The van der Waals surface area contributed by atoms with Gasteiger partial charge in [-0.25, -0.2) is 4.79 Å². The van der Waals surface area contributed by atoms with Crippen LogP contribution in [0.15, 0.2) is 34.6 Å². The molecule has 4 aliphatic carbocycles. The van der Waals surface area contributed by atoms with E-state index in [1.54, 1.807) is 13.0 Å². The van der Waals surface area contributed by atoms with E-state index in [1.165, 1.54) is 18.1 Å². The molecule has 0 aromatic carbocycles. The van der Waals surface area contributed by atoms with Gasteiger partial charge < -0.3 is 14.2 Å². The SMILES string of the molecule is CC(=O)O[C@H]1C[C@@]2(C)C3=C4[C@@H](C[C@]2(C)[C@H]1[C@H](C)C[C@H]1C=C(C)C(=O)O1)OC1=CC(=O)C(C)(C)[C@H](CC3)[C@]14C. The fraction of sp³-hybridized carbons (Fsp3) is 0.719. The van der Waals surface area contributed by atoms with E-state index in [4.69, 9.17) is 14.2 Å². The van der Waals surface area contributed by atoms with Crippen LogP contribution in [0.3, 0.4) is 0 Å². The van der Waals surface area contributed by atoms with E-state index >= 15 is 0 Å². The molecule has 0 aromatic rings. The number of hydrogen-bond acceptors (Lipinski definition) is 6. The molecule has 206 valence electrons. The first-order valence-corrected chi connectivity index (χ1v) is 14.4. The smallest absolute Gasteiger partial charge is 0.334 e. The molecule has 6 aliphatic rings. The quantitative estimate of drug-likeness (QED) is 0.340. The molecule has 9 atom stereocenters. The van der Waals surface area contributed by atoms with Crippen molar-refractivity contribution >= 4 is 17.7 Å². The standard InChI is InChI=1S/C32H42O6/c1-16(11-19-12-17(2)28(35)37-19)26-21(36-18(3)33)14-30(6)20-9-10-23-29(4,5)24(34)13-25-32(23,8)27(20)22(38-25)15-31(26,30)7/h12-13,16,19,21-23,26H,9-11,14-15H2,1-8H3/t16-,19+,21+,22-,23+,26+,30+,31-,32-/m1/s1. The third-order valence-corrected chi connectivity index (χ3v) is 12.0. The number of cyclic esters (lactones) is 1. The predicted octanol–water partition coefficient (Wildman–Crippen LogP) is 5.86. The highest BCUT2D eigenvalue weighted by atomic mass is 16.6. The van der Waals surface area contributed by atoms with Gasteiger partial charge in [0.25, 0.3) is 0 Å². The zero-order chi connectivity index (χ0) is 27.6. The number of carbonyl (C=O) groups is 3. The van der Waals surface area contributed by atoms with Crippen LogP contribution >= 0.6 is 0 Å². The molecule has 2 aliphatic heterocycles. The lowest BCUT2D eigenvalue weighted by atomic mass is 9.44. The van der Waals surface area contributed by atoms with Crippen molar-refractivity contribution in [3.05, 3.63) is 34.6 Å². The maximum Gasteiger partial charge on any atom is 0.334 e. The minimum absolute atomic E-state index is 0.0685. The van der Waals surface area contributed by atoms with Crippen LogP contribution in [0.2, 0.25) is 0 Å². The average molecular weight is 523 g/mol. The van der Waals surface area contributed by atoms with Crippen molar-refractivity contribution in [2.75, 3.05) is 0 Å². The van der Waals surface area contributed by atoms with Gasteiger partial charge in [0.2, 0.25) is 0 Å². The summed E-state index contributed by atoms with van der Waals surface area (Å²) in [5, 5.41) is 0. The van der Waals surface area contributed by atoms with Gasteiger partial charge in [0.05, 0.1) is 5.41 Å². The van der Waals surface area contributed by atoms with Gasteiger partial charge in [-0.05, 0) is 80.3 Å². The first kappa shape index (κ1) is 25.9. The number of ketones is 1. The molecule has 6 nitrogen and oxygen atoms in total. The maximum absolute atomic E-state index is 13.2. The average Bonchev–Trinajstić information content (AvgIpc) is 3.34. The monoisotopic (exact) mass is 522 g/mol. The van der Waals surface area contributed by atoms with Crippen molar-refractivity contribution in [3.8, 4) is 0 Å². The second-order valence-corrected chi connectivity index (χ2v) is 14.2. The Kier molecular flexibility index (Phi) is 5.35. The fourth-order valence-corrected chi connectivity index (χ4v) is 10.2. The molecule has 0 bridgehead atoms. The molecule has 2 heterocycles. The van der Waals surface area contributed by atoms with Gasteiger partial charge >= 0.3 is 11.9 Å². The lowest BCUT2D eigenvalue weighted by molar-refractivity contribution is -0.150. The highest BCUT2D eigenvalue weighted by Crippen LogP contribution is 2.75. The lowest BCUT2D eigenvalue weighted by Crippen LogP contribution is -2.53. The molecule has 0 radical (unpaired) electrons. The van der Waals surface area contributed by atoms with Crippen LogP contribution in [0.5, 0.6) is 0 Å². The third kappa shape index (κ3) is 3.09. The summed E-state index contributed by atoms with van der Waals surface area (Å²) in [5.74, 6) is 0.995. The van der Waals surface area contributed by atoms with Crippen molar-refractivity contribution in [2.24, 2.45) is 39.4 Å². The summed E-state index contributed by atoms with van der Waals surface area (Å²) in [6, 6.07) is 0. The molecule has 0 amide bonds. The van der Waals surface area contributed by atoms with Crippen LogP contribution in [0, 0.1) is 39.4 Å². The summed E-state index contributed by atoms with van der Waals surface area (Å²) in [5.41, 5.74) is 2.50. The van der Waals surface area contributed by atoms with Gasteiger partial charge in [0.15, 0.2) is 5.78 Å². The zero-order valence-electron chi connectivity index (χ0n) is 24.1. The number of ether oxygens (including phenoxy) is 3. The van der Waals surface area contributed by atoms with Crippen molar-refractivity contribution in [2.45, 2.75) is 106 Å². The Balaban J connectivity index is 1.44. The molecule has 6 rings (SSSR count). The van der Waals surface area contributed by atoms with Gasteiger partial charge in [0.1, 0.15) is 24.1 Å². The topological polar surface area (TPSA) is 78.9 Å². The highest BCUT2D eigenvalue weighted by molar-refractivity contribution is 5.97. The Morgan fingerprint density at radius 2 is 1.84 bits per heavy atom. The van der Waals surface area contributed by atoms with Crippen LogP contribution in [-0.4, -0.2) is 36.0 Å². The van der Waals surface area contributed by atoms with Crippen LogP contribution < -0.4 is 0 Å². The Morgan fingerprint density at radius 1 is 1.13 bits per heavy atom. The molecular weight excluding hydrogens is 480 g/mol. The van der Waals surface area contributed by atoms with Crippen molar-refractivity contribution in [1.29, 1.82) is 0 Å². The second kappa shape index (κ2) is 7.85. The van der Waals surface area contributed by atoms with Crippen molar-refractivity contribution in [3.63, 3.8) is 0 Å². The Morgan fingerprint density at radius 3 is 2.47 bits per heavy atom. The zero-order valence-corrected chi connectivity index (χ0v) is 24.1. The predicted molar refractivity (Wildman–Crippen MR) is 142 cm³/mol. The third-order valence-electron chi connectivity index (χ3n) is 12.0. The number of rotatable bonds is 4. The van der Waals surface area contributed by atoms with Gasteiger partial charge in [0, 0.05) is 29.9 Å². The number of hydrogen-bond donors (Lipinski definition) is 0. The molecule has 6 heteroatoms. The molecule has 0 N–H and O–H groups in total. The van der Waals surface area contributed by atoms with E-state index in [-0.39, 0.29) is 70.0 Å². The van der Waals surface area contributed by atoms with Crippen LogP contribution in [0.25, 0.3) is 0 Å². The van der Waals surface area contributed by atoms with E-state index in [0.29, 0.717) is 12.0 Å². The minimum Gasteiger partial charge on any atom is -0.489 e. The summed E-state index contributed by atoms with van der Waals surface area (Å²) < 4.78 is 18.5. The normalized spacial score (nSPS) is 45.0. The number of allylic oxidation sites excluding steroid dienone is 3. The van der Waals surface area contributed by atoms with E-state index in [2.05, 4.69) is 41.5 Å². The van der Waals surface area contributed by atoms with Crippen LogP contribution in [-0.2, 0) is 28.6 Å². The van der Waals surface area contributed by atoms with Gasteiger partial charge in [-0.3, -0.25) is 9.59 Å². The number of fused-ring (bicyclic) bond motifs is 2. The van der Waals surface area contributed by atoms with Gasteiger partial charge in [-0.1, -0.05) is 40.2 Å². The summed E-state index contributed by atoms with van der Waals surface area (Å²) in [4.78, 5) is 37.5. The number of carbonyl (C=O) groups excluding carboxylic acids is 3. The molecular formula is C32H42O6. The Hall–Kier alpha value is -2.37. The highest BCUT2D eigenvalue weighted by Gasteiger charge is 2.71. The summed E-state index contributed by atoms with van der Waals surface area (Å²) >= 11 is 0. The lowest BCUT2D eigenvalue weighted by Gasteiger charge is -2.57.